The van der Waals surface area contributed by atoms with Crippen LogP contribution in [0.3, 0.4) is 0 Å². The minimum atomic E-state index is -0.377. The van der Waals surface area contributed by atoms with E-state index in [1.54, 1.807) is 0 Å². The van der Waals surface area contributed by atoms with Crippen molar-refractivity contribution < 1.29 is 5.11 Å². The van der Waals surface area contributed by atoms with Crippen molar-refractivity contribution in [1.82, 2.24) is 0 Å². The molecule has 1 nitrogen and oxygen atoms in total. The van der Waals surface area contributed by atoms with E-state index >= 15 is 0 Å². The van der Waals surface area contributed by atoms with E-state index in [0.717, 1.165) is 5.57 Å². The zero-order chi connectivity index (χ0) is 7.65. The predicted molar refractivity (Wildman–Crippen MR) is 40.3 cm³/mol. The minimum absolute atomic E-state index is 0.0637. The monoisotopic (exact) mass is 128 g/mol. The van der Waals surface area contributed by atoms with E-state index in [4.69, 9.17) is 0 Å². The standard InChI is InChI=1S/C8H16O/c1-6(2)7(9)8(3,4)5/h7,9H,1H2,2-5H3. The van der Waals surface area contributed by atoms with Gasteiger partial charge >= 0.3 is 0 Å². The molecular formula is C8H16O. The fraction of sp³-hybridized carbons (Fsp3) is 0.750. The lowest BCUT2D eigenvalue weighted by atomic mass is 9.86. The quantitative estimate of drug-likeness (QED) is 0.535. The van der Waals surface area contributed by atoms with Crippen molar-refractivity contribution in [2.24, 2.45) is 5.41 Å². The van der Waals surface area contributed by atoms with Gasteiger partial charge in [0, 0.05) is 0 Å². The van der Waals surface area contributed by atoms with Crippen LogP contribution in [0.2, 0.25) is 0 Å². The van der Waals surface area contributed by atoms with Gasteiger partial charge in [0.15, 0.2) is 0 Å². The third kappa shape index (κ3) is 2.66. The van der Waals surface area contributed by atoms with Crippen LogP contribution >= 0.6 is 0 Å². The Morgan fingerprint density at radius 3 is 1.78 bits per heavy atom. The molecule has 54 valence electrons. The summed E-state index contributed by atoms with van der Waals surface area (Å²) in [5.74, 6) is 0. The summed E-state index contributed by atoms with van der Waals surface area (Å²) in [5.41, 5.74) is 0.772. The Kier molecular flexibility index (Phi) is 2.44. The topological polar surface area (TPSA) is 20.2 Å². The van der Waals surface area contributed by atoms with Crippen LogP contribution < -0.4 is 0 Å². The van der Waals surface area contributed by atoms with Crippen molar-refractivity contribution in [2.75, 3.05) is 0 Å². The number of hydrogen-bond donors (Lipinski definition) is 1. The first kappa shape index (κ1) is 8.70. The Morgan fingerprint density at radius 2 is 1.78 bits per heavy atom. The molecular weight excluding hydrogens is 112 g/mol. The van der Waals surface area contributed by atoms with E-state index < -0.39 is 0 Å². The summed E-state index contributed by atoms with van der Waals surface area (Å²) in [5, 5.41) is 9.36. The van der Waals surface area contributed by atoms with Gasteiger partial charge in [-0.3, -0.25) is 0 Å². The summed E-state index contributed by atoms with van der Waals surface area (Å²) >= 11 is 0. The molecule has 0 aliphatic rings. The second-order valence-corrected chi connectivity index (χ2v) is 3.61. The first-order valence-electron chi connectivity index (χ1n) is 3.19. The number of aliphatic hydroxyl groups is 1. The van der Waals surface area contributed by atoms with E-state index in [1.807, 2.05) is 27.7 Å². The zero-order valence-corrected chi connectivity index (χ0v) is 6.73. The molecule has 0 aliphatic carbocycles. The van der Waals surface area contributed by atoms with E-state index in [9.17, 15) is 5.11 Å². The fourth-order valence-corrected chi connectivity index (χ4v) is 0.739. The van der Waals surface area contributed by atoms with Gasteiger partial charge in [-0.05, 0) is 12.3 Å². The molecule has 0 saturated carbocycles. The Labute approximate surface area is 57.4 Å². The summed E-state index contributed by atoms with van der Waals surface area (Å²) < 4.78 is 0. The second-order valence-electron chi connectivity index (χ2n) is 3.61. The molecule has 1 atom stereocenters. The Hall–Kier alpha value is -0.300. The van der Waals surface area contributed by atoms with Crippen LogP contribution in [0.25, 0.3) is 0 Å². The SMILES string of the molecule is C=C(C)C(O)C(C)(C)C. The second kappa shape index (κ2) is 2.53. The lowest BCUT2D eigenvalue weighted by molar-refractivity contribution is 0.0953. The highest BCUT2D eigenvalue weighted by Gasteiger charge is 2.21. The van der Waals surface area contributed by atoms with Crippen LogP contribution in [0, 0.1) is 5.41 Å². The van der Waals surface area contributed by atoms with Gasteiger partial charge in [-0.25, -0.2) is 0 Å². The molecule has 1 N–H and O–H groups in total. The third-order valence-corrected chi connectivity index (χ3v) is 1.29. The predicted octanol–water partition coefficient (Wildman–Crippen LogP) is 1.97. The first-order valence-corrected chi connectivity index (χ1v) is 3.19. The Morgan fingerprint density at radius 1 is 1.44 bits per heavy atom. The average Bonchev–Trinajstić information content (AvgIpc) is 1.62. The van der Waals surface area contributed by atoms with Crippen molar-refractivity contribution in [3.8, 4) is 0 Å². The molecule has 0 aromatic heterocycles. The van der Waals surface area contributed by atoms with E-state index in [2.05, 4.69) is 6.58 Å². The van der Waals surface area contributed by atoms with Crippen LogP contribution in [-0.2, 0) is 0 Å². The van der Waals surface area contributed by atoms with E-state index in [1.165, 1.54) is 0 Å². The van der Waals surface area contributed by atoms with Crippen LogP contribution in [0.4, 0.5) is 0 Å². The molecule has 0 rings (SSSR count). The van der Waals surface area contributed by atoms with E-state index in [0.29, 0.717) is 0 Å². The maximum atomic E-state index is 9.36. The minimum Gasteiger partial charge on any atom is -0.388 e. The normalized spacial score (nSPS) is 15.2. The maximum absolute atomic E-state index is 9.36. The maximum Gasteiger partial charge on any atom is 0.0793 e. The van der Waals surface area contributed by atoms with Crippen LogP contribution in [0.1, 0.15) is 27.7 Å². The van der Waals surface area contributed by atoms with Gasteiger partial charge < -0.3 is 5.11 Å². The first-order chi connectivity index (χ1) is 3.85. The van der Waals surface area contributed by atoms with Gasteiger partial charge in [-0.1, -0.05) is 32.9 Å². The van der Waals surface area contributed by atoms with Crippen molar-refractivity contribution in [1.29, 1.82) is 0 Å². The van der Waals surface area contributed by atoms with Gasteiger partial charge in [0.1, 0.15) is 0 Å². The molecule has 0 radical (unpaired) electrons. The Balaban J connectivity index is 4.04. The summed E-state index contributed by atoms with van der Waals surface area (Å²) in [4.78, 5) is 0. The lowest BCUT2D eigenvalue weighted by Gasteiger charge is -2.25. The highest BCUT2D eigenvalue weighted by atomic mass is 16.3. The molecule has 0 fully saturated rings. The molecule has 1 unspecified atom stereocenters. The highest BCUT2D eigenvalue weighted by Crippen LogP contribution is 2.23. The number of hydrogen-bond acceptors (Lipinski definition) is 1. The summed E-state index contributed by atoms with van der Waals surface area (Å²) in [6.07, 6.45) is -0.377. The molecule has 0 amide bonds. The summed E-state index contributed by atoms with van der Waals surface area (Å²) in [6.45, 7) is 11.5. The molecule has 0 bridgehead atoms. The van der Waals surface area contributed by atoms with Crippen molar-refractivity contribution in [3.63, 3.8) is 0 Å². The molecule has 0 heterocycles. The molecule has 9 heavy (non-hydrogen) atoms. The smallest absolute Gasteiger partial charge is 0.0793 e. The van der Waals surface area contributed by atoms with Gasteiger partial charge in [0.25, 0.3) is 0 Å². The van der Waals surface area contributed by atoms with Gasteiger partial charge in [0.05, 0.1) is 6.10 Å². The van der Waals surface area contributed by atoms with Gasteiger partial charge in [0.2, 0.25) is 0 Å². The van der Waals surface area contributed by atoms with Gasteiger partial charge in [-0.15, -0.1) is 0 Å². The van der Waals surface area contributed by atoms with Crippen molar-refractivity contribution in [2.45, 2.75) is 33.8 Å². The van der Waals surface area contributed by atoms with Crippen LogP contribution in [-0.4, -0.2) is 11.2 Å². The number of rotatable bonds is 1. The largest absolute Gasteiger partial charge is 0.388 e. The van der Waals surface area contributed by atoms with Crippen molar-refractivity contribution in [3.05, 3.63) is 12.2 Å². The fourth-order valence-electron chi connectivity index (χ4n) is 0.739. The highest BCUT2D eigenvalue weighted by molar-refractivity contribution is 5.01. The molecule has 0 aromatic carbocycles. The van der Waals surface area contributed by atoms with Crippen LogP contribution in [0.15, 0.2) is 12.2 Å². The third-order valence-electron chi connectivity index (χ3n) is 1.29. The molecule has 0 saturated heterocycles. The molecule has 1 heteroatoms. The summed E-state index contributed by atoms with van der Waals surface area (Å²) in [7, 11) is 0. The van der Waals surface area contributed by atoms with Crippen molar-refractivity contribution >= 4 is 0 Å². The zero-order valence-electron chi connectivity index (χ0n) is 6.73. The molecule has 0 aromatic rings. The molecule has 0 aliphatic heterocycles. The molecule has 0 spiro atoms. The number of aliphatic hydroxyl groups excluding tert-OH is 1. The van der Waals surface area contributed by atoms with Gasteiger partial charge in [-0.2, -0.15) is 0 Å². The van der Waals surface area contributed by atoms with Crippen LogP contribution in [0.5, 0.6) is 0 Å². The van der Waals surface area contributed by atoms with E-state index in [-0.39, 0.29) is 11.5 Å². The summed E-state index contributed by atoms with van der Waals surface area (Å²) in [6, 6.07) is 0. The Bertz CT molecular complexity index is 108. The average molecular weight is 128 g/mol. The lowest BCUT2D eigenvalue weighted by Crippen LogP contribution is -2.26.